The van der Waals surface area contributed by atoms with Gasteiger partial charge in [0.1, 0.15) is 0 Å². The molecule has 7 heteroatoms. The van der Waals surface area contributed by atoms with Crippen molar-refractivity contribution in [2.45, 2.75) is 26.3 Å². The van der Waals surface area contributed by atoms with Crippen molar-refractivity contribution in [3.63, 3.8) is 0 Å². The lowest BCUT2D eigenvalue weighted by Gasteiger charge is -2.32. The maximum atomic E-state index is 12.6. The number of nitrogens with one attached hydrogen (secondary N) is 1. The second-order valence-electron chi connectivity index (χ2n) is 6.84. The summed E-state index contributed by atoms with van der Waals surface area (Å²) in [6, 6.07) is 5.35. The molecule has 0 saturated carbocycles. The van der Waals surface area contributed by atoms with Gasteiger partial charge >= 0.3 is 0 Å². The Balaban J connectivity index is 1.55. The number of methoxy groups -OCH3 is 2. The average molecular weight is 390 g/mol. The number of thiazole rings is 1. The second-order valence-corrected chi connectivity index (χ2v) is 8.16. The predicted molar refractivity (Wildman–Crippen MR) is 107 cm³/mol. The lowest BCUT2D eigenvalue weighted by Crippen LogP contribution is -2.40. The van der Waals surface area contributed by atoms with E-state index in [9.17, 15) is 4.79 Å². The van der Waals surface area contributed by atoms with E-state index in [1.807, 2.05) is 13.1 Å². The first-order chi connectivity index (χ1) is 13.1. The van der Waals surface area contributed by atoms with Gasteiger partial charge in [-0.15, -0.1) is 11.3 Å². The SMILES string of the molecule is COc1cccc(C(=O)NCC2CCCN(Cc3cnc(C)s3)C2)c1OC. The highest BCUT2D eigenvalue weighted by Gasteiger charge is 2.22. The molecule has 1 aromatic carbocycles. The van der Waals surface area contributed by atoms with Crippen molar-refractivity contribution >= 4 is 17.2 Å². The number of rotatable bonds is 7. The van der Waals surface area contributed by atoms with Crippen LogP contribution in [0.3, 0.4) is 0 Å². The monoisotopic (exact) mass is 389 g/mol. The van der Waals surface area contributed by atoms with Crippen LogP contribution in [0.25, 0.3) is 0 Å². The van der Waals surface area contributed by atoms with Crippen LogP contribution >= 0.6 is 11.3 Å². The minimum Gasteiger partial charge on any atom is -0.493 e. The van der Waals surface area contributed by atoms with E-state index in [4.69, 9.17) is 9.47 Å². The van der Waals surface area contributed by atoms with Crippen molar-refractivity contribution in [3.8, 4) is 11.5 Å². The largest absolute Gasteiger partial charge is 0.493 e. The van der Waals surface area contributed by atoms with Gasteiger partial charge < -0.3 is 14.8 Å². The van der Waals surface area contributed by atoms with Crippen molar-refractivity contribution in [1.29, 1.82) is 0 Å². The zero-order valence-electron chi connectivity index (χ0n) is 16.2. The van der Waals surface area contributed by atoms with E-state index in [0.717, 1.165) is 37.5 Å². The van der Waals surface area contributed by atoms with Gasteiger partial charge in [-0.05, 0) is 44.4 Å². The molecule has 1 fully saturated rings. The van der Waals surface area contributed by atoms with Crippen LogP contribution in [0.5, 0.6) is 11.5 Å². The summed E-state index contributed by atoms with van der Waals surface area (Å²) in [6.07, 6.45) is 4.26. The highest BCUT2D eigenvalue weighted by Crippen LogP contribution is 2.30. The fourth-order valence-electron chi connectivity index (χ4n) is 3.56. The molecule has 2 heterocycles. The van der Waals surface area contributed by atoms with Crippen molar-refractivity contribution < 1.29 is 14.3 Å². The molecule has 1 aromatic heterocycles. The lowest BCUT2D eigenvalue weighted by atomic mass is 9.97. The van der Waals surface area contributed by atoms with Crippen LogP contribution in [0.4, 0.5) is 0 Å². The number of piperidine rings is 1. The Kier molecular flexibility index (Phi) is 6.68. The number of aryl methyl sites for hydroxylation is 1. The van der Waals surface area contributed by atoms with E-state index in [0.29, 0.717) is 29.5 Å². The second kappa shape index (κ2) is 9.19. The van der Waals surface area contributed by atoms with E-state index >= 15 is 0 Å². The molecule has 1 aliphatic heterocycles. The molecule has 1 unspecified atom stereocenters. The van der Waals surface area contributed by atoms with Crippen LogP contribution in [-0.2, 0) is 6.54 Å². The highest BCUT2D eigenvalue weighted by atomic mass is 32.1. The van der Waals surface area contributed by atoms with Crippen LogP contribution in [0.15, 0.2) is 24.4 Å². The predicted octanol–water partition coefficient (Wildman–Crippen LogP) is 3.11. The van der Waals surface area contributed by atoms with Crippen LogP contribution in [-0.4, -0.2) is 49.6 Å². The normalized spacial score (nSPS) is 17.5. The number of carbonyl (C=O) groups is 1. The van der Waals surface area contributed by atoms with Crippen molar-refractivity contribution in [2.75, 3.05) is 33.9 Å². The Morgan fingerprint density at radius 3 is 2.93 bits per heavy atom. The smallest absolute Gasteiger partial charge is 0.255 e. The number of amides is 1. The Morgan fingerprint density at radius 2 is 2.22 bits per heavy atom. The Labute approximate surface area is 164 Å². The maximum Gasteiger partial charge on any atom is 0.255 e. The first kappa shape index (κ1) is 19.6. The fraction of sp³-hybridized carbons (Fsp3) is 0.500. The third-order valence-corrected chi connectivity index (χ3v) is 5.75. The first-order valence-electron chi connectivity index (χ1n) is 9.23. The molecule has 1 saturated heterocycles. The van der Waals surface area contributed by atoms with Crippen LogP contribution in [0.1, 0.15) is 33.1 Å². The Bertz CT molecular complexity index is 778. The van der Waals surface area contributed by atoms with Crippen LogP contribution in [0, 0.1) is 12.8 Å². The number of hydrogen-bond donors (Lipinski definition) is 1. The van der Waals surface area contributed by atoms with Gasteiger partial charge in [0.2, 0.25) is 0 Å². The van der Waals surface area contributed by atoms with Gasteiger partial charge in [-0.2, -0.15) is 0 Å². The number of likely N-dealkylation sites (tertiary alicyclic amines) is 1. The molecule has 6 nitrogen and oxygen atoms in total. The van der Waals surface area contributed by atoms with Gasteiger partial charge in [-0.1, -0.05) is 6.07 Å². The third kappa shape index (κ3) is 4.99. The zero-order valence-corrected chi connectivity index (χ0v) is 17.0. The molecule has 1 aliphatic rings. The van der Waals surface area contributed by atoms with Gasteiger partial charge in [0.05, 0.1) is 24.8 Å². The molecule has 3 rings (SSSR count). The highest BCUT2D eigenvalue weighted by molar-refractivity contribution is 7.11. The third-order valence-electron chi connectivity index (χ3n) is 4.85. The number of para-hydroxylation sites is 1. The number of benzene rings is 1. The Morgan fingerprint density at radius 1 is 1.37 bits per heavy atom. The molecule has 0 bridgehead atoms. The summed E-state index contributed by atoms with van der Waals surface area (Å²) in [7, 11) is 3.12. The van der Waals surface area contributed by atoms with Gasteiger partial charge in [0, 0.05) is 30.7 Å². The zero-order chi connectivity index (χ0) is 19.2. The molecule has 0 radical (unpaired) electrons. The summed E-state index contributed by atoms with van der Waals surface area (Å²) in [5.41, 5.74) is 0.504. The minimum absolute atomic E-state index is 0.124. The molecule has 2 aromatic rings. The van der Waals surface area contributed by atoms with E-state index in [1.165, 1.54) is 4.88 Å². The summed E-state index contributed by atoms with van der Waals surface area (Å²) < 4.78 is 10.6. The fourth-order valence-corrected chi connectivity index (χ4v) is 4.40. The molecule has 146 valence electrons. The van der Waals surface area contributed by atoms with Crippen LogP contribution < -0.4 is 14.8 Å². The summed E-state index contributed by atoms with van der Waals surface area (Å²) in [5, 5.41) is 4.18. The minimum atomic E-state index is -0.124. The number of nitrogens with zero attached hydrogens (tertiary/aromatic N) is 2. The maximum absolute atomic E-state index is 12.6. The summed E-state index contributed by atoms with van der Waals surface area (Å²) in [5.74, 6) is 1.37. The Hall–Kier alpha value is -2.12. The number of aromatic nitrogens is 1. The molecule has 0 spiro atoms. The van der Waals surface area contributed by atoms with Gasteiger partial charge in [0.25, 0.3) is 5.91 Å². The van der Waals surface area contributed by atoms with Gasteiger partial charge in [0.15, 0.2) is 11.5 Å². The molecule has 0 aliphatic carbocycles. The van der Waals surface area contributed by atoms with Crippen LogP contribution in [0.2, 0.25) is 0 Å². The van der Waals surface area contributed by atoms with E-state index in [-0.39, 0.29) is 5.91 Å². The summed E-state index contributed by atoms with van der Waals surface area (Å²) in [6.45, 7) is 5.74. The number of carbonyl (C=O) groups excluding carboxylic acids is 1. The number of hydrogen-bond acceptors (Lipinski definition) is 6. The van der Waals surface area contributed by atoms with Gasteiger partial charge in [-0.25, -0.2) is 4.98 Å². The summed E-state index contributed by atoms with van der Waals surface area (Å²) in [4.78, 5) is 20.7. The van der Waals surface area contributed by atoms with E-state index < -0.39 is 0 Å². The average Bonchev–Trinajstić information content (AvgIpc) is 3.10. The lowest BCUT2D eigenvalue weighted by molar-refractivity contribution is 0.0927. The van der Waals surface area contributed by atoms with Crippen molar-refractivity contribution in [3.05, 3.63) is 39.8 Å². The quantitative estimate of drug-likeness (QED) is 0.788. The van der Waals surface area contributed by atoms with Crippen molar-refractivity contribution in [2.24, 2.45) is 5.92 Å². The number of ether oxygens (including phenoxy) is 2. The molecule has 1 atom stereocenters. The molecular weight excluding hydrogens is 362 g/mol. The molecule has 1 N–H and O–H groups in total. The van der Waals surface area contributed by atoms with E-state index in [2.05, 4.69) is 15.2 Å². The standard InChI is InChI=1S/C20H27N3O3S/c1-14-21-11-16(27-14)13-23-9-5-6-15(12-23)10-22-20(24)17-7-4-8-18(25-2)19(17)26-3/h4,7-8,11,15H,5-6,9-10,12-13H2,1-3H3,(H,22,24). The van der Waals surface area contributed by atoms with Crippen molar-refractivity contribution in [1.82, 2.24) is 15.2 Å². The molecule has 27 heavy (non-hydrogen) atoms. The van der Waals surface area contributed by atoms with Gasteiger partial charge in [-0.3, -0.25) is 9.69 Å². The molecular formula is C20H27N3O3S. The topological polar surface area (TPSA) is 63.7 Å². The molecule has 1 amide bonds. The van der Waals surface area contributed by atoms with E-state index in [1.54, 1.807) is 43.8 Å². The summed E-state index contributed by atoms with van der Waals surface area (Å²) >= 11 is 1.76. The first-order valence-corrected chi connectivity index (χ1v) is 10.0.